The fourth-order valence-electron chi connectivity index (χ4n) is 1.06. The summed E-state index contributed by atoms with van der Waals surface area (Å²) >= 11 is 0. The van der Waals surface area contributed by atoms with Gasteiger partial charge in [-0.05, 0) is 24.3 Å². The topological polar surface area (TPSA) is 78.4 Å². The van der Waals surface area contributed by atoms with Gasteiger partial charge in [0.05, 0.1) is 6.20 Å². The van der Waals surface area contributed by atoms with Crippen LogP contribution in [0.15, 0.2) is 35.0 Å². The van der Waals surface area contributed by atoms with E-state index in [0.29, 0.717) is 0 Å². The molecule has 16 heavy (non-hydrogen) atoms. The molecule has 2 N–H and O–H groups in total. The molecule has 0 amide bonds. The summed E-state index contributed by atoms with van der Waals surface area (Å²) in [5.74, 6) is -1.17. The Morgan fingerprint density at radius 2 is 2.06 bits per heavy atom. The van der Waals surface area contributed by atoms with E-state index in [1.54, 1.807) is 0 Å². The van der Waals surface area contributed by atoms with E-state index in [0.717, 1.165) is 0 Å². The predicted octanol–water partition coefficient (Wildman–Crippen LogP) is 1.62. The van der Waals surface area contributed by atoms with Gasteiger partial charge in [-0.1, -0.05) is 5.16 Å². The second-order valence-electron chi connectivity index (χ2n) is 2.95. The predicted molar refractivity (Wildman–Crippen MR) is 52.3 cm³/mol. The zero-order valence-corrected chi connectivity index (χ0v) is 8.01. The average Bonchev–Trinajstić information content (AvgIpc) is 2.68. The molecule has 2 aromatic rings. The molecule has 0 radical (unpaired) electrons. The van der Waals surface area contributed by atoms with Gasteiger partial charge in [-0.3, -0.25) is 0 Å². The number of nitrogens with zero attached hydrogens (tertiary/aromatic N) is 1. The number of aromatic nitrogens is 1. The monoisotopic (exact) mass is 222 g/mol. The van der Waals surface area contributed by atoms with Crippen LogP contribution in [0.2, 0.25) is 0 Å². The van der Waals surface area contributed by atoms with Gasteiger partial charge in [-0.15, -0.1) is 0 Å². The van der Waals surface area contributed by atoms with E-state index in [9.17, 15) is 9.18 Å². The van der Waals surface area contributed by atoms with Crippen LogP contribution in [0.1, 0.15) is 10.6 Å². The number of ether oxygens (including phenoxy) is 1. The molecule has 0 atom stereocenters. The molecule has 0 aliphatic rings. The van der Waals surface area contributed by atoms with Crippen LogP contribution >= 0.6 is 0 Å². The number of benzene rings is 1. The van der Waals surface area contributed by atoms with Crippen LogP contribution in [-0.2, 0) is 0 Å². The number of nitrogen functional groups attached to an aromatic ring is 1. The number of nitrogens with two attached hydrogens (primary N) is 1. The number of hydrogen-bond donors (Lipinski definition) is 1. The van der Waals surface area contributed by atoms with Crippen molar-refractivity contribution in [3.8, 4) is 5.75 Å². The van der Waals surface area contributed by atoms with Crippen LogP contribution < -0.4 is 10.5 Å². The fourth-order valence-corrected chi connectivity index (χ4v) is 1.06. The second-order valence-corrected chi connectivity index (χ2v) is 2.95. The number of carbonyl (C=O) groups excluding carboxylic acids is 1. The smallest absolute Gasteiger partial charge is 0.384 e. The SMILES string of the molecule is Nc1cnoc1C(=O)Oc1ccc(F)cc1. The third kappa shape index (κ3) is 2.00. The van der Waals surface area contributed by atoms with Gasteiger partial charge >= 0.3 is 5.97 Å². The van der Waals surface area contributed by atoms with Crippen molar-refractivity contribution in [2.24, 2.45) is 0 Å². The van der Waals surface area contributed by atoms with E-state index in [-0.39, 0.29) is 17.2 Å². The van der Waals surface area contributed by atoms with Crippen LogP contribution in [0.4, 0.5) is 10.1 Å². The van der Waals surface area contributed by atoms with Gasteiger partial charge in [0.2, 0.25) is 0 Å². The van der Waals surface area contributed by atoms with Gasteiger partial charge in [0, 0.05) is 0 Å². The van der Waals surface area contributed by atoms with E-state index in [1.807, 2.05) is 0 Å². The lowest BCUT2D eigenvalue weighted by atomic mass is 10.3. The Balaban J connectivity index is 2.14. The molecular weight excluding hydrogens is 215 g/mol. The third-order valence-corrected chi connectivity index (χ3v) is 1.81. The van der Waals surface area contributed by atoms with Crippen molar-refractivity contribution in [2.45, 2.75) is 0 Å². The second kappa shape index (κ2) is 4.01. The minimum Gasteiger partial charge on any atom is -0.421 e. The first-order chi connectivity index (χ1) is 7.66. The zero-order valence-electron chi connectivity index (χ0n) is 8.01. The van der Waals surface area contributed by atoms with E-state index >= 15 is 0 Å². The number of esters is 1. The van der Waals surface area contributed by atoms with E-state index in [2.05, 4.69) is 9.68 Å². The van der Waals surface area contributed by atoms with Crippen molar-refractivity contribution in [3.63, 3.8) is 0 Å². The number of rotatable bonds is 2. The molecule has 5 nitrogen and oxygen atoms in total. The Bertz CT molecular complexity index is 507. The molecule has 1 aromatic carbocycles. The van der Waals surface area contributed by atoms with Crippen LogP contribution in [-0.4, -0.2) is 11.1 Å². The molecule has 0 bridgehead atoms. The first kappa shape index (κ1) is 10.2. The number of anilines is 1. The molecule has 1 heterocycles. The molecule has 2 rings (SSSR count). The molecule has 0 saturated carbocycles. The van der Waals surface area contributed by atoms with Crippen LogP contribution in [0.25, 0.3) is 0 Å². The summed E-state index contributed by atoms with van der Waals surface area (Å²) in [6, 6.07) is 4.98. The van der Waals surface area contributed by atoms with Crippen LogP contribution in [0.5, 0.6) is 5.75 Å². The van der Waals surface area contributed by atoms with Gasteiger partial charge in [0.15, 0.2) is 0 Å². The quantitative estimate of drug-likeness (QED) is 0.617. The average molecular weight is 222 g/mol. The maximum Gasteiger partial charge on any atom is 0.384 e. The summed E-state index contributed by atoms with van der Waals surface area (Å²) in [5.41, 5.74) is 5.49. The number of halogens is 1. The molecule has 0 unspecified atom stereocenters. The standard InChI is InChI=1S/C10H7FN2O3/c11-6-1-3-7(4-2-6)15-10(14)9-8(12)5-13-16-9/h1-5H,12H2. The van der Waals surface area contributed by atoms with Crippen molar-refractivity contribution in [3.05, 3.63) is 42.0 Å². The lowest BCUT2D eigenvalue weighted by Gasteiger charge is -2.01. The summed E-state index contributed by atoms with van der Waals surface area (Å²) in [4.78, 5) is 11.5. The molecule has 0 aliphatic heterocycles. The maximum absolute atomic E-state index is 12.6. The van der Waals surface area contributed by atoms with Gasteiger partial charge in [-0.25, -0.2) is 9.18 Å². The summed E-state index contributed by atoms with van der Waals surface area (Å²) < 4.78 is 22.0. The normalized spacial score (nSPS) is 10.1. The fraction of sp³-hybridized carbons (Fsp3) is 0. The lowest BCUT2D eigenvalue weighted by Crippen LogP contribution is -2.09. The molecule has 0 fully saturated rings. The van der Waals surface area contributed by atoms with Gasteiger partial charge in [0.1, 0.15) is 17.3 Å². The summed E-state index contributed by atoms with van der Waals surface area (Å²) in [5, 5.41) is 3.34. The highest BCUT2D eigenvalue weighted by Crippen LogP contribution is 2.16. The largest absolute Gasteiger partial charge is 0.421 e. The maximum atomic E-state index is 12.6. The highest BCUT2D eigenvalue weighted by atomic mass is 19.1. The number of carbonyl (C=O) groups is 1. The van der Waals surface area contributed by atoms with Crippen molar-refractivity contribution in [1.29, 1.82) is 0 Å². The van der Waals surface area contributed by atoms with Crippen LogP contribution in [0, 0.1) is 5.82 Å². The first-order valence-corrected chi connectivity index (χ1v) is 4.34. The Labute approximate surface area is 89.6 Å². The van der Waals surface area contributed by atoms with Crippen molar-refractivity contribution in [1.82, 2.24) is 5.16 Å². The molecule has 0 saturated heterocycles. The van der Waals surface area contributed by atoms with Crippen LogP contribution in [0.3, 0.4) is 0 Å². The molecule has 0 aliphatic carbocycles. The highest BCUT2D eigenvalue weighted by molar-refractivity contribution is 5.92. The van der Waals surface area contributed by atoms with E-state index in [4.69, 9.17) is 10.5 Å². The van der Waals surface area contributed by atoms with E-state index in [1.165, 1.54) is 30.5 Å². The molecule has 6 heteroatoms. The molecule has 0 spiro atoms. The van der Waals surface area contributed by atoms with Gasteiger partial charge in [0.25, 0.3) is 5.76 Å². The van der Waals surface area contributed by atoms with Gasteiger partial charge < -0.3 is 15.0 Å². The Morgan fingerprint density at radius 1 is 1.38 bits per heavy atom. The van der Waals surface area contributed by atoms with Crippen molar-refractivity contribution >= 4 is 11.7 Å². The Morgan fingerprint density at radius 3 is 2.62 bits per heavy atom. The molecular formula is C10H7FN2O3. The Kier molecular flexibility index (Phi) is 2.55. The molecule has 82 valence electrons. The summed E-state index contributed by atoms with van der Waals surface area (Å²) in [7, 11) is 0. The Hall–Kier alpha value is -2.37. The first-order valence-electron chi connectivity index (χ1n) is 4.34. The summed E-state index contributed by atoms with van der Waals surface area (Å²) in [6.07, 6.45) is 1.20. The zero-order chi connectivity index (χ0) is 11.5. The third-order valence-electron chi connectivity index (χ3n) is 1.81. The number of hydrogen-bond acceptors (Lipinski definition) is 5. The van der Waals surface area contributed by atoms with E-state index < -0.39 is 11.8 Å². The molecule has 1 aromatic heterocycles. The minimum absolute atomic E-state index is 0.0899. The minimum atomic E-state index is -0.776. The summed E-state index contributed by atoms with van der Waals surface area (Å²) in [6.45, 7) is 0. The van der Waals surface area contributed by atoms with Gasteiger partial charge in [-0.2, -0.15) is 0 Å². The lowest BCUT2D eigenvalue weighted by molar-refractivity contribution is 0.0692. The van der Waals surface area contributed by atoms with Crippen molar-refractivity contribution < 1.29 is 18.4 Å². The van der Waals surface area contributed by atoms with Crippen molar-refractivity contribution in [2.75, 3.05) is 5.73 Å². The highest BCUT2D eigenvalue weighted by Gasteiger charge is 2.17.